The molecule has 0 radical (unpaired) electrons. The second-order valence-corrected chi connectivity index (χ2v) is 9.96. The van der Waals surface area contributed by atoms with Gasteiger partial charge in [-0.2, -0.15) is 10.4 Å². The Balaban J connectivity index is 1.43. The van der Waals surface area contributed by atoms with E-state index in [1.54, 1.807) is 29.8 Å². The number of benzene rings is 3. The molecule has 0 unspecified atom stereocenters. The van der Waals surface area contributed by atoms with Crippen LogP contribution in [0.25, 0.3) is 23.0 Å². The molecule has 8 heteroatoms. The molecule has 0 aliphatic carbocycles. The van der Waals surface area contributed by atoms with Gasteiger partial charge in [0.15, 0.2) is 0 Å². The van der Waals surface area contributed by atoms with Gasteiger partial charge in [-0.25, -0.2) is 4.68 Å². The number of carbonyl (C=O) groups is 2. The third-order valence-corrected chi connectivity index (χ3v) is 7.14. The Morgan fingerprint density at radius 1 is 0.930 bits per heavy atom. The minimum atomic E-state index is -0.651. The molecule has 0 N–H and O–H groups in total. The molecule has 5 aromatic rings. The first kappa shape index (κ1) is 27.2. The molecule has 1 aliphatic heterocycles. The lowest BCUT2D eigenvalue weighted by molar-refractivity contribution is -0.141. The van der Waals surface area contributed by atoms with E-state index in [0.717, 1.165) is 21.7 Å². The van der Waals surface area contributed by atoms with Crippen molar-refractivity contribution in [1.29, 1.82) is 5.26 Å². The fourth-order valence-corrected chi connectivity index (χ4v) is 4.89. The first-order valence-corrected chi connectivity index (χ1v) is 13.7. The van der Waals surface area contributed by atoms with Crippen molar-refractivity contribution in [2.75, 3.05) is 0 Å². The largest absolute Gasteiger partial charge is 0.489 e. The molecule has 2 amide bonds. The molecule has 0 fully saturated rings. The molecule has 43 heavy (non-hydrogen) atoms. The van der Waals surface area contributed by atoms with E-state index in [0.29, 0.717) is 34.9 Å². The summed E-state index contributed by atoms with van der Waals surface area (Å²) in [6.45, 7) is 1.94. The smallest absolute Gasteiger partial charge is 0.272 e. The topological polar surface area (TPSA) is 101 Å². The molecule has 0 atom stereocenters. The Labute approximate surface area is 248 Å². The molecule has 0 saturated heterocycles. The number of nitriles is 1. The molecule has 1 aliphatic rings. The van der Waals surface area contributed by atoms with Crippen molar-refractivity contribution >= 4 is 17.9 Å². The lowest BCUT2D eigenvalue weighted by Crippen LogP contribution is -2.42. The molecule has 3 aromatic carbocycles. The molecule has 8 nitrogen and oxygen atoms in total. The van der Waals surface area contributed by atoms with Crippen LogP contribution in [0, 0.1) is 11.3 Å². The lowest BCUT2D eigenvalue weighted by Gasteiger charge is -2.26. The third-order valence-electron chi connectivity index (χ3n) is 7.14. The fraction of sp³-hybridized carbons (Fsp3) is 0.0857. The predicted molar refractivity (Wildman–Crippen MR) is 160 cm³/mol. The highest BCUT2D eigenvalue weighted by molar-refractivity contribution is 6.19. The number of para-hydroxylation sites is 1. The number of carbonyl (C=O) groups excluding carboxylic acids is 2. The van der Waals surface area contributed by atoms with Crippen LogP contribution in [0.4, 0.5) is 0 Å². The monoisotopic (exact) mass is 566 g/mol. The first-order valence-electron chi connectivity index (χ1n) is 13.7. The molecule has 2 aromatic heterocycles. The Hall–Kier alpha value is -5.94. The molecule has 210 valence electrons. The maximum atomic E-state index is 13.7. The van der Waals surface area contributed by atoms with Crippen LogP contribution in [0.1, 0.15) is 23.8 Å². The van der Waals surface area contributed by atoms with E-state index in [4.69, 9.17) is 14.3 Å². The van der Waals surface area contributed by atoms with Crippen molar-refractivity contribution in [3.63, 3.8) is 0 Å². The molecule has 0 saturated carbocycles. The Morgan fingerprint density at radius 2 is 1.70 bits per heavy atom. The van der Waals surface area contributed by atoms with Crippen LogP contribution in [0.2, 0.25) is 0 Å². The maximum Gasteiger partial charge on any atom is 0.272 e. The molecule has 0 spiro atoms. The number of furan rings is 1. The van der Waals surface area contributed by atoms with Gasteiger partial charge in [-0.05, 0) is 60.5 Å². The molecular weight excluding hydrogens is 540 g/mol. The number of rotatable bonds is 8. The molecule has 3 heterocycles. The summed E-state index contributed by atoms with van der Waals surface area (Å²) in [5.74, 6) is -0.0675. The van der Waals surface area contributed by atoms with Gasteiger partial charge in [-0.1, -0.05) is 60.7 Å². The fourth-order valence-electron chi connectivity index (χ4n) is 4.89. The van der Waals surface area contributed by atoms with Crippen LogP contribution in [0.5, 0.6) is 5.75 Å². The van der Waals surface area contributed by atoms with Gasteiger partial charge >= 0.3 is 0 Å². The Bertz CT molecular complexity index is 1900. The van der Waals surface area contributed by atoms with Crippen LogP contribution < -0.4 is 4.74 Å². The summed E-state index contributed by atoms with van der Waals surface area (Å²) in [6, 6.07) is 32.5. The lowest BCUT2D eigenvalue weighted by atomic mass is 9.93. The quantitative estimate of drug-likeness (QED) is 0.157. The Morgan fingerprint density at radius 3 is 2.42 bits per heavy atom. The SMILES string of the molecule is CC1=C(C#N)C(=O)N(Cc2ccco2)C(=O)/C1=C/c1cn(-c2ccccc2)nc1-c1cccc(OCc2ccccc2)c1. The van der Waals surface area contributed by atoms with E-state index in [1.807, 2.05) is 97.2 Å². The maximum absolute atomic E-state index is 13.7. The summed E-state index contributed by atoms with van der Waals surface area (Å²) in [7, 11) is 0. The number of hydrogen-bond donors (Lipinski definition) is 0. The second-order valence-electron chi connectivity index (χ2n) is 9.96. The highest BCUT2D eigenvalue weighted by Crippen LogP contribution is 2.33. The van der Waals surface area contributed by atoms with Crippen molar-refractivity contribution in [2.45, 2.75) is 20.1 Å². The zero-order valence-corrected chi connectivity index (χ0v) is 23.3. The van der Waals surface area contributed by atoms with Gasteiger partial charge in [0.05, 0.1) is 18.5 Å². The summed E-state index contributed by atoms with van der Waals surface area (Å²) in [5.41, 5.74) is 4.35. The van der Waals surface area contributed by atoms with Crippen LogP contribution in [-0.2, 0) is 22.7 Å². The van der Waals surface area contributed by atoms with E-state index < -0.39 is 11.8 Å². The average Bonchev–Trinajstić information content (AvgIpc) is 3.72. The molecular formula is C35H26N4O4. The molecule has 6 rings (SSSR count). The summed E-state index contributed by atoms with van der Waals surface area (Å²) < 4.78 is 13.2. The van der Waals surface area contributed by atoms with Crippen molar-refractivity contribution in [1.82, 2.24) is 14.7 Å². The minimum absolute atomic E-state index is 0.0859. The zero-order valence-electron chi connectivity index (χ0n) is 23.3. The number of hydrogen-bond acceptors (Lipinski definition) is 6. The summed E-state index contributed by atoms with van der Waals surface area (Å²) in [6.07, 6.45) is 4.99. The summed E-state index contributed by atoms with van der Waals surface area (Å²) in [4.78, 5) is 27.9. The predicted octanol–water partition coefficient (Wildman–Crippen LogP) is 6.50. The van der Waals surface area contributed by atoms with Gasteiger partial charge in [0.1, 0.15) is 35.5 Å². The van der Waals surface area contributed by atoms with Gasteiger partial charge in [-0.15, -0.1) is 0 Å². The van der Waals surface area contributed by atoms with Crippen LogP contribution in [-0.4, -0.2) is 26.5 Å². The van der Waals surface area contributed by atoms with E-state index >= 15 is 0 Å². The van der Waals surface area contributed by atoms with E-state index in [9.17, 15) is 14.9 Å². The van der Waals surface area contributed by atoms with Gasteiger partial charge in [0.2, 0.25) is 0 Å². The highest BCUT2D eigenvalue weighted by Gasteiger charge is 2.36. The van der Waals surface area contributed by atoms with Crippen LogP contribution in [0.3, 0.4) is 0 Å². The summed E-state index contributed by atoms with van der Waals surface area (Å²) >= 11 is 0. The van der Waals surface area contributed by atoms with E-state index in [-0.39, 0.29) is 17.7 Å². The van der Waals surface area contributed by atoms with Gasteiger partial charge < -0.3 is 9.15 Å². The summed E-state index contributed by atoms with van der Waals surface area (Å²) in [5, 5.41) is 14.7. The van der Waals surface area contributed by atoms with Gasteiger partial charge in [0.25, 0.3) is 11.8 Å². The average molecular weight is 567 g/mol. The van der Waals surface area contributed by atoms with Crippen LogP contribution >= 0.6 is 0 Å². The van der Waals surface area contributed by atoms with Crippen LogP contribution in [0.15, 0.2) is 131 Å². The second kappa shape index (κ2) is 11.9. The zero-order chi connectivity index (χ0) is 29.8. The van der Waals surface area contributed by atoms with Crippen molar-refractivity contribution < 1.29 is 18.7 Å². The number of aromatic nitrogens is 2. The number of nitrogens with zero attached hydrogens (tertiary/aromatic N) is 4. The third kappa shape index (κ3) is 5.65. The highest BCUT2D eigenvalue weighted by atomic mass is 16.5. The number of imide groups is 1. The first-order chi connectivity index (χ1) is 21.0. The van der Waals surface area contributed by atoms with E-state index in [2.05, 4.69) is 0 Å². The number of ether oxygens (including phenoxy) is 1. The van der Waals surface area contributed by atoms with Gasteiger partial charge in [-0.3, -0.25) is 14.5 Å². The van der Waals surface area contributed by atoms with Gasteiger partial charge in [0, 0.05) is 22.9 Å². The number of amides is 2. The standard InChI is InChI=1S/C35H26N4O4/c1-24-31(34(40)38(35(41)32(24)20-36)22-30-16-9-17-42-30)19-27-21-39(28-13-6-3-7-14-28)37-33(27)26-12-8-15-29(18-26)43-23-25-10-4-2-5-11-25/h2-19,21H,22-23H2,1H3/b31-19+. The van der Waals surface area contributed by atoms with E-state index in [1.165, 1.54) is 6.26 Å². The molecule has 0 bridgehead atoms. The normalized spacial score (nSPS) is 14.3. The van der Waals surface area contributed by atoms with Crippen molar-refractivity contribution in [3.05, 3.63) is 143 Å². The Kier molecular flexibility index (Phi) is 7.53. The van der Waals surface area contributed by atoms with Crippen molar-refractivity contribution in [2.24, 2.45) is 0 Å². The van der Waals surface area contributed by atoms with Crippen molar-refractivity contribution in [3.8, 4) is 28.8 Å². The minimum Gasteiger partial charge on any atom is -0.489 e.